The van der Waals surface area contributed by atoms with E-state index < -0.39 is 5.54 Å². The number of carbonyl (C=O) groups is 1. The first-order valence-electron chi connectivity index (χ1n) is 10.9. The highest BCUT2D eigenvalue weighted by atomic mass is 16.5. The Morgan fingerprint density at radius 1 is 0.935 bits per heavy atom. The molecule has 0 aliphatic carbocycles. The summed E-state index contributed by atoms with van der Waals surface area (Å²) >= 11 is 0. The van der Waals surface area contributed by atoms with Crippen LogP contribution in [0.3, 0.4) is 0 Å². The van der Waals surface area contributed by atoms with Crippen LogP contribution in [0.4, 0.5) is 0 Å². The molecule has 166 valence electrons. The van der Waals surface area contributed by atoms with Crippen molar-refractivity contribution >= 4 is 11.8 Å². The quantitative estimate of drug-likeness (QED) is 0.647. The molecule has 2 aromatic carbocycles. The van der Waals surface area contributed by atoms with Crippen LogP contribution in [-0.2, 0) is 22.5 Å². The average molecular weight is 423 g/mol. The number of hydrogen-bond acceptors (Lipinski definition) is 4. The fraction of sp³-hybridized carbons (Fsp3) is 0.462. The highest BCUT2D eigenvalue weighted by molar-refractivity contribution is 5.98. The molecule has 2 aromatic rings. The number of benzene rings is 2. The zero-order valence-electron chi connectivity index (χ0n) is 19.5. The Morgan fingerprint density at radius 3 is 2.10 bits per heavy atom. The van der Waals surface area contributed by atoms with E-state index in [2.05, 4.69) is 39.8 Å². The fourth-order valence-electron chi connectivity index (χ4n) is 4.33. The Hall–Kier alpha value is -2.82. The zero-order valence-corrected chi connectivity index (χ0v) is 19.5. The molecule has 0 aromatic heterocycles. The number of hydrogen-bond donors (Lipinski definition) is 0. The Bertz CT molecular complexity index is 906. The third-order valence-electron chi connectivity index (χ3n) is 6.15. The van der Waals surface area contributed by atoms with Crippen molar-refractivity contribution in [3.05, 3.63) is 65.7 Å². The average Bonchev–Trinajstić information content (AvgIpc) is 2.77. The number of aliphatic imine (C=N–C) groups is 1. The second kappa shape index (κ2) is 9.54. The van der Waals surface area contributed by atoms with E-state index >= 15 is 0 Å². The van der Waals surface area contributed by atoms with Crippen LogP contribution >= 0.6 is 0 Å². The number of amides is 1. The van der Waals surface area contributed by atoms with Crippen LogP contribution < -0.4 is 4.74 Å². The van der Waals surface area contributed by atoms with Gasteiger partial charge < -0.3 is 14.4 Å². The SMILES string of the molecule is COC1=N[C@](Cc2ccccc2)(C(C)C)C(=O)N(Cc2ccc(OC)cc2)[C@H]1C(C)C. The maximum absolute atomic E-state index is 14.1. The Kier molecular flexibility index (Phi) is 7.04. The lowest BCUT2D eigenvalue weighted by molar-refractivity contribution is -0.143. The molecule has 0 unspecified atom stereocenters. The van der Waals surface area contributed by atoms with Gasteiger partial charge in [-0.1, -0.05) is 70.2 Å². The molecule has 1 heterocycles. The molecule has 0 saturated heterocycles. The molecule has 0 spiro atoms. The molecule has 1 aliphatic rings. The number of methoxy groups -OCH3 is 2. The molecule has 0 fully saturated rings. The highest BCUT2D eigenvalue weighted by Gasteiger charge is 2.51. The van der Waals surface area contributed by atoms with Crippen molar-refractivity contribution in [1.82, 2.24) is 4.90 Å². The smallest absolute Gasteiger partial charge is 0.252 e. The van der Waals surface area contributed by atoms with Crippen molar-refractivity contribution in [3.63, 3.8) is 0 Å². The standard InChI is InChI=1S/C26H34N2O3/c1-18(2)23-24(31-6)27-26(19(3)4,16-20-10-8-7-9-11-20)25(29)28(23)17-21-12-14-22(30-5)15-13-21/h7-15,18-19,23H,16-17H2,1-6H3/t23-,26+/m0/s1. The summed E-state index contributed by atoms with van der Waals surface area (Å²) in [5.41, 5.74) is 1.25. The lowest BCUT2D eigenvalue weighted by Gasteiger charge is -2.46. The fourth-order valence-corrected chi connectivity index (χ4v) is 4.33. The van der Waals surface area contributed by atoms with Crippen LogP contribution in [-0.4, -0.2) is 42.5 Å². The van der Waals surface area contributed by atoms with E-state index in [1.807, 2.05) is 47.4 Å². The number of nitrogens with zero attached hydrogens (tertiary/aromatic N) is 2. The summed E-state index contributed by atoms with van der Waals surface area (Å²) in [5.74, 6) is 1.67. The van der Waals surface area contributed by atoms with Gasteiger partial charge in [-0.2, -0.15) is 0 Å². The van der Waals surface area contributed by atoms with Gasteiger partial charge in [0.05, 0.1) is 14.2 Å². The Morgan fingerprint density at radius 2 is 1.58 bits per heavy atom. The van der Waals surface area contributed by atoms with Crippen molar-refractivity contribution in [2.24, 2.45) is 16.8 Å². The zero-order chi connectivity index (χ0) is 22.6. The number of carbonyl (C=O) groups excluding carboxylic acids is 1. The summed E-state index contributed by atoms with van der Waals surface area (Å²) in [7, 11) is 3.31. The van der Waals surface area contributed by atoms with Gasteiger partial charge in [0.25, 0.3) is 5.91 Å². The highest BCUT2D eigenvalue weighted by Crippen LogP contribution is 2.36. The van der Waals surface area contributed by atoms with Crippen LogP contribution in [0.2, 0.25) is 0 Å². The summed E-state index contributed by atoms with van der Waals surface area (Å²) in [6.45, 7) is 8.84. The van der Waals surface area contributed by atoms with Crippen LogP contribution in [0.1, 0.15) is 38.8 Å². The Balaban J connectivity index is 2.07. The maximum Gasteiger partial charge on any atom is 0.252 e. The van der Waals surface area contributed by atoms with Crippen LogP contribution in [0.25, 0.3) is 0 Å². The predicted octanol–water partition coefficient (Wildman–Crippen LogP) is 4.74. The number of rotatable bonds is 7. The van der Waals surface area contributed by atoms with Gasteiger partial charge in [0.2, 0.25) is 5.90 Å². The Labute approximate surface area is 186 Å². The molecule has 5 nitrogen and oxygen atoms in total. The lowest BCUT2D eigenvalue weighted by atomic mass is 9.77. The molecule has 2 atom stereocenters. The van der Waals surface area contributed by atoms with Crippen molar-refractivity contribution in [3.8, 4) is 5.75 Å². The van der Waals surface area contributed by atoms with Crippen LogP contribution in [0, 0.1) is 11.8 Å². The minimum absolute atomic E-state index is 0.0110. The van der Waals surface area contributed by atoms with E-state index in [0.717, 1.165) is 16.9 Å². The van der Waals surface area contributed by atoms with Crippen molar-refractivity contribution < 1.29 is 14.3 Å². The number of ether oxygens (including phenoxy) is 2. The molecule has 31 heavy (non-hydrogen) atoms. The summed E-state index contributed by atoms with van der Waals surface area (Å²) < 4.78 is 11.1. The summed E-state index contributed by atoms with van der Waals surface area (Å²) in [4.78, 5) is 21.1. The maximum atomic E-state index is 14.1. The van der Waals surface area contributed by atoms with E-state index in [0.29, 0.717) is 18.9 Å². The normalized spacial score (nSPS) is 21.4. The predicted molar refractivity (Wildman–Crippen MR) is 124 cm³/mol. The first-order chi connectivity index (χ1) is 14.8. The van der Waals surface area contributed by atoms with E-state index in [9.17, 15) is 4.79 Å². The van der Waals surface area contributed by atoms with Gasteiger partial charge in [0, 0.05) is 13.0 Å². The van der Waals surface area contributed by atoms with E-state index in [-0.39, 0.29) is 23.8 Å². The molecule has 0 N–H and O–H groups in total. The van der Waals surface area contributed by atoms with Gasteiger partial charge in [0.15, 0.2) is 0 Å². The van der Waals surface area contributed by atoms with Gasteiger partial charge in [-0.05, 0) is 35.1 Å². The topological polar surface area (TPSA) is 51.1 Å². The largest absolute Gasteiger partial charge is 0.497 e. The second-order valence-corrected chi connectivity index (χ2v) is 8.87. The lowest BCUT2D eigenvalue weighted by Crippen LogP contribution is -2.63. The van der Waals surface area contributed by atoms with E-state index in [4.69, 9.17) is 14.5 Å². The second-order valence-electron chi connectivity index (χ2n) is 8.87. The molecule has 1 amide bonds. The molecular formula is C26H34N2O3. The van der Waals surface area contributed by atoms with Crippen molar-refractivity contribution in [2.75, 3.05) is 14.2 Å². The van der Waals surface area contributed by atoms with Gasteiger partial charge in [-0.3, -0.25) is 4.79 Å². The first kappa shape index (κ1) is 22.9. The van der Waals surface area contributed by atoms with Crippen molar-refractivity contribution in [1.29, 1.82) is 0 Å². The van der Waals surface area contributed by atoms with Crippen molar-refractivity contribution in [2.45, 2.75) is 52.2 Å². The molecule has 0 radical (unpaired) electrons. The van der Waals surface area contributed by atoms with Gasteiger partial charge in [-0.15, -0.1) is 0 Å². The van der Waals surface area contributed by atoms with E-state index in [1.165, 1.54) is 0 Å². The van der Waals surface area contributed by atoms with Gasteiger partial charge in [0.1, 0.15) is 17.3 Å². The summed E-state index contributed by atoms with van der Waals surface area (Å²) in [5, 5.41) is 0. The van der Waals surface area contributed by atoms with Gasteiger partial charge in [-0.25, -0.2) is 4.99 Å². The molecule has 3 rings (SSSR count). The van der Waals surface area contributed by atoms with Crippen LogP contribution in [0.15, 0.2) is 59.6 Å². The third kappa shape index (κ3) is 4.60. The molecule has 0 saturated carbocycles. The molecule has 0 bridgehead atoms. The minimum Gasteiger partial charge on any atom is -0.497 e. The van der Waals surface area contributed by atoms with E-state index in [1.54, 1.807) is 14.2 Å². The molecule has 5 heteroatoms. The molecular weight excluding hydrogens is 388 g/mol. The summed E-state index contributed by atoms with van der Waals surface area (Å²) in [6.07, 6.45) is 0.543. The van der Waals surface area contributed by atoms with Gasteiger partial charge >= 0.3 is 0 Å². The molecule has 1 aliphatic heterocycles. The van der Waals surface area contributed by atoms with Crippen LogP contribution in [0.5, 0.6) is 5.75 Å². The minimum atomic E-state index is -0.898. The first-order valence-corrected chi connectivity index (χ1v) is 10.9. The summed E-state index contributed by atoms with van der Waals surface area (Å²) in [6, 6.07) is 17.8. The third-order valence-corrected chi connectivity index (χ3v) is 6.15. The monoisotopic (exact) mass is 422 g/mol.